The summed E-state index contributed by atoms with van der Waals surface area (Å²) in [5.41, 5.74) is 3.01. The van der Waals surface area contributed by atoms with Crippen molar-refractivity contribution >= 4 is 38.2 Å². The third-order valence-corrected chi connectivity index (χ3v) is 7.94. The van der Waals surface area contributed by atoms with Crippen molar-refractivity contribution in [2.24, 2.45) is 0 Å². The van der Waals surface area contributed by atoms with Crippen molar-refractivity contribution in [1.82, 2.24) is 14.3 Å². The molecule has 0 saturated carbocycles. The van der Waals surface area contributed by atoms with Gasteiger partial charge in [-0.05, 0) is 48.9 Å². The van der Waals surface area contributed by atoms with E-state index in [1.54, 1.807) is 16.4 Å². The molecule has 0 atom stereocenters. The van der Waals surface area contributed by atoms with Crippen LogP contribution in [0, 0.1) is 13.8 Å². The first kappa shape index (κ1) is 22.3. The fraction of sp³-hybridized carbons (Fsp3) is 0.231. The number of fused-ring (bicyclic) bond motifs is 1. The van der Waals surface area contributed by atoms with Crippen molar-refractivity contribution in [3.05, 3.63) is 84.1 Å². The lowest BCUT2D eigenvalue weighted by atomic mass is 10.1. The minimum atomic E-state index is -3.57. The zero-order valence-electron chi connectivity index (χ0n) is 19.3. The molecule has 5 rings (SSSR count). The van der Waals surface area contributed by atoms with Crippen molar-refractivity contribution in [3.8, 4) is 0 Å². The summed E-state index contributed by atoms with van der Waals surface area (Å²) in [6.45, 7) is 5.81. The molecule has 0 bridgehead atoms. The summed E-state index contributed by atoms with van der Waals surface area (Å²) in [7, 11) is -3.57. The summed E-state index contributed by atoms with van der Waals surface area (Å²) in [6, 6.07) is 23.1. The number of hydrogen-bond acceptors (Lipinski definition) is 6. The Morgan fingerprint density at radius 2 is 1.50 bits per heavy atom. The summed E-state index contributed by atoms with van der Waals surface area (Å²) in [6.07, 6.45) is 0. The first-order valence-electron chi connectivity index (χ1n) is 11.3. The van der Waals surface area contributed by atoms with E-state index in [1.165, 1.54) is 5.56 Å². The van der Waals surface area contributed by atoms with Crippen molar-refractivity contribution < 1.29 is 8.42 Å². The molecule has 2 heterocycles. The van der Waals surface area contributed by atoms with Gasteiger partial charge in [0.1, 0.15) is 5.82 Å². The normalized spacial score (nSPS) is 14.9. The van der Waals surface area contributed by atoms with E-state index in [0.29, 0.717) is 37.0 Å². The minimum absolute atomic E-state index is 0.330. The molecule has 174 valence electrons. The highest BCUT2D eigenvalue weighted by molar-refractivity contribution is 7.89. The molecule has 8 heteroatoms. The number of anilines is 3. The van der Waals surface area contributed by atoms with Gasteiger partial charge in [-0.3, -0.25) is 0 Å². The van der Waals surface area contributed by atoms with Crippen LogP contribution in [0.3, 0.4) is 0 Å². The molecule has 4 aromatic rings. The van der Waals surface area contributed by atoms with E-state index in [-0.39, 0.29) is 0 Å². The SMILES string of the molecule is Cc1ccc(Nc2cc(C)nc(N3CCN(S(=O)(=O)c4ccc5ccccc5c4)CC3)n2)cc1. The van der Waals surface area contributed by atoms with Crippen LogP contribution in [0.25, 0.3) is 10.8 Å². The van der Waals surface area contributed by atoms with Crippen LogP contribution >= 0.6 is 0 Å². The van der Waals surface area contributed by atoms with Crippen LogP contribution in [0.4, 0.5) is 17.5 Å². The van der Waals surface area contributed by atoms with E-state index < -0.39 is 10.0 Å². The molecule has 1 saturated heterocycles. The molecular weight excluding hydrogens is 446 g/mol. The Morgan fingerprint density at radius 3 is 2.24 bits per heavy atom. The number of hydrogen-bond donors (Lipinski definition) is 1. The van der Waals surface area contributed by atoms with E-state index in [2.05, 4.69) is 17.2 Å². The maximum atomic E-state index is 13.3. The lowest BCUT2D eigenvalue weighted by molar-refractivity contribution is 0.382. The fourth-order valence-electron chi connectivity index (χ4n) is 4.15. The van der Waals surface area contributed by atoms with Gasteiger partial charge >= 0.3 is 0 Å². The molecule has 1 aliphatic heterocycles. The van der Waals surface area contributed by atoms with Gasteiger partial charge in [-0.25, -0.2) is 13.4 Å². The Morgan fingerprint density at radius 1 is 0.794 bits per heavy atom. The highest BCUT2D eigenvalue weighted by atomic mass is 32.2. The van der Waals surface area contributed by atoms with Crippen molar-refractivity contribution in [2.75, 3.05) is 36.4 Å². The maximum Gasteiger partial charge on any atom is 0.243 e. The van der Waals surface area contributed by atoms with E-state index in [4.69, 9.17) is 4.98 Å². The number of aromatic nitrogens is 2. The second-order valence-corrected chi connectivity index (χ2v) is 10.5. The molecule has 1 aromatic heterocycles. The topological polar surface area (TPSA) is 78.4 Å². The van der Waals surface area contributed by atoms with Crippen LogP contribution in [0.1, 0.15) is 11.3 Å². The summed E-state index contributed by atoms with van der Waals surface area (Å²) in [5.74, 6) is 1.33. The highest BCUT2D eigenvalue weighted by Gasteiger charge is 2.29. The molecule has 7 nitrogen and oxygen atoms in total. The lowest BCUT2D eigenvalue weighted by Crippen LogP contribution is -2.49. The largest absolute Gasteiger partial charge is 0.340 e. The Kier molecular flexibility index (Phi) is 5.93. The molecule has 1 fully saturated rings. The standard InChI is InChI=1S/C26H27N5O2S/c1-19-7-10-23(11-8-19)28-25-17-20(2)27-26(29-25)30-13-15-31(16-14-30)34(32,33)24-12-9-21-5-3-4-6-22(21)18-24/h3-12,17-18H,13-16H2,1-2H3,(H,27,28,29). The molecule has 0 unspecified atom stereocenters. The van der Waals surface area contributed by atoms with Crippen LogP contribution in [0.5, 0.6) is 0 Å². The van der Waals surface area contributed by atoms with Crippen molar-refractivity contribution in [2.45, 2.75) is 18.7 Å². The minimum Gasteiger partial charge on any atom is -0.340 e. The van der Waals surface area contributed by atoms with Gasteiger partial charge in [0.2, 0.25) is 16.0 Å². The smallest absolute Gasteiger partial charge is 0.243 e. The second-order valence-electron chi connectivity index (χ2n) is 8.59. The second kappa shape index (κ2) is 9.04. The Balaban J connectivity index is 1.30. The van der Waals surface area contributed by atoms with Crippen LogP contribution in [-0.2, 0) is 10.0 Å². The van der Waals surface area contributed by atoms with E-state index in [1.807, 2.05) is 72.5 Å². The summed E-state index contributed by atoms with van der Waals surface area (Å²) >= 11 is 0. The van der Waals surface area contributed by atoms with Gasteiger partial charge in [0, 0.05) is 43.6 Å². The fourth-order valence-corrected chi connectivity index (χ4v) is 5.61. The Labute approximate surface area is 200 Å². The molecule has 0 radical (unpaired) electrons. The van der Waals surface area contributed by atoms with Crippen LogP contribution in [-0.4, -0.2) is 48.9 Å². The van der Waals surface area contributed by atoms with Crippen molar-refractivity contribution in [3.63, 3.8) is 0 Å². The Bertz CT molecular complexity index is 1430. The molecular formula is C26H27N5O2S. The molecule has 0 aliphatic carbocycles. The van der Waals surface area contributed by atoms with Crippen LogP contribution in [0.2, 0.25) is 0 Å². The van der Waals surface area contributed by atoms with Gasteiger partial charge in [-0.2, -0.15) is 9.29 Å². The van der Waals surface area contributed by atoms with Gasteiger partial charge in [0.05, 0.1) is 4.90 Å². The number of nitrogens with zero attached hydrogens (tertiary/aromatic N) is 4. The third-order valence-electron chi connectivity index (χ3n) is 6.05. The highest BCUT2D eigenvalue weighted by Crippen LogP contribution is 2.24. The number of piperazine rings is 1. The van der Waals surface area contributed by atoms with E-state index in [0.717, 1.165) is 28.0 Å². The predicted molar refractivity (Wildman–Crippen MR) is 136 cm³/mol. The summed E-state index contributed by atoms with van der Waals surface area (Å²) in [5, 5.41) is 5.28. The van der Waals surface area contributed by atoms with Gasteiger partial charge < -0.3 is 10.2 Å². The molecule has 1 aliphatic rings. The van der Waals surface area contributed by atoms with Crippen molar-refractivity contribution in [1.29, 1.82) is 0 Å². The molecule has 34 heavy (non-hydrogen) atoms. The van der Waals surface area contributed by atoms with E-state index >= 15 is 0 Å². The predicted octanol–water partition coefficient (Wildman–Crippen LogP) is 4.50. The zero-order chi connectivity index (χ0) is 23.7. The van der Waals surface area contributed by atoms with Crippen LogP contribution < -0.4 is 10.2 Å². The lowest BCUT2D eigenvalue weighted by Gasteiger charge is -2.34. The molecule has 0 amide bonds. The molecule has 3 aromatic carbocycles. The first-order chi connectivity index (χ1) is 16.4. The van der Waals surface area contributed by atoms with Gasteiger partial charge in [0.15, 0.2) is 0 Å². The zero-order valence-corrected chi connectivity index (χ0v) is 20.1. The average Bonchev–Trinajstić information content (AvgIpc) is 2.85. The number of benzene rings is 3. The van der Waals surface area contributed by atoms with Crippen LogP contribution in [0.15, 0.2) is 77.7 Å². The average molecular weight is 474 g/mol. The summed E-state index contributed by atoms with van der Waals surface area (Å²) in [4.78, 5) is 11.7. The number of rotatable bonds is 5. The monoisotopic (exact) mass is 473 g/mol. The van der Waals surface area contributed by atoms with E-state index in [9.17, 15) is 8.42 Å². The quantitative estimate of drug-likeness (QED) is 0.460. The number of aryl methyl sites for hydroxylation is 2. The Hall–Kier alpha value is -3.49. The van der Waals surface area contributed by atoms with Gasteiger partial charge in [0.25, 0.3) is 0 Å². The molecule has 0 spiro atoms. The number of sulfonamides is 1. The first-order valence-corrected chi connectivity index (χ1v) is 12.8. The summed E-state index contributed by atoms with van der Waals surface area (Å²) < 4.78 is 28.1. The third kappa shape index (κ3) is 4.60. The maximum absolute atomic E-state index is 13.3. The molecule has 1 N–H and O–H groups in total. The van der Waals surface area contributed by atoms with Gasteiger partial charge in [-0.15, -0.1) is 0 Å². The number of nitrogens with one attached hydrogen (secondary N) is 1. The van der Waals surface area contributed by atoms with Gasteiger partial charge in [-0.1, -0.05) is 48.0 Å².